The minimum absolute atomic E-state index is 0.121. The van der Waals surface area contributed by atoms with E-state index in [9.17, 15) is 9.59 Å². The second-order valence-electron chi connectivity index (χ2n) is 5.18. The number of likely N-dealkylation sites (tertiary alicyclic amines) is 1. The molecule has 108 valence electrons. The first-order valence-electron chi connectivity index (χ1n) is 6.58. The first-order chi connectivity index (χ1) is 9.43. The Morgan fingerprint density at radius 2 is 1.95 bits per heavy atom. The van der Waals surface area contributed by atoms with Gasteiger partial charge in [-0.2, -0.15) is 0 Å². The quantitative estimate of drug-likeness (QED) is 0.788. The predicted molar refractivity (Wildman–Crippen MR) is 77.0 cm³/mol. The number of ether oxygens (including phenoxy) is 1. The molecule has 1 heterocycles. The highest BCUT2D eigenvalue weighted by Crippen LogP contribution is 2.25. The summed E-state index contributed by atoms with van der Waals surface area (Å²) in [6.07, 6.45) is 0.640. The molecule has 0 saturated carbocycles. The van der Waals surface area contributed by atoms with E-state index in [-0.39, 0.29) is 17.8 Å². The molecule has 1 aliphatic rings. The lowest BCUT2D eigenvalue weighted by molar-refractivity contribution is -0.144. The Morgan fingerprint density at radius 1 is 1.30 bits per heavy atom. The Kier molecular flexibility index (Phi) is 4.33. The fourth-order valence-corrected chi connectivity index (χ4v) is 2.72. The molecule has 0 radical (unpaired) electrons. The normalized spacial score (nSPS) is 18.2. The van der Waals surface area contributed by atoms with Crippen molar-refractivity contribution in [2.45, 2.75) is 20.3 Å². The molecule has 0 bridgehead atoms. The maximum Gasteiger partial charge on any atom is 0.310 e. The Labute approximate surface area is 123 Å². The van der Waals surface area contributed by atoms with Crippen LogP contribution in [0.25, 0.3) is 0 Å². The van der Waals surface area contributed by atoms with Crippen LogP contribution in [0.3, 0.4) is 0 Å². The van der Waals surface area contributed by atoms with Gasteiger partial charge in [-0.25, -0.2) is 0 Å². The Balaban J connectivity index is 2.17. The van der Waals surface area contributed by atoms with Crippen molar-refractivity contribution >= 4 is 23.5 Å². The number of benzene rings is 1. The Bertz CT molecular complexity index is 556. The molecule has 5 heteroatoms. The number of esters is 1. The van der Waals surface area contributed by atoms with E-state index in [4.69, 9.17) is 16.3 Å². The van der Waals surface area contributed by atoms with Crippen LogP contribution in [-0.4, -0.2) is 37.0 Å². The number of rotatable bonds is 2. The highest BCUT2D eigenvalue weighted by molar-refractivity contribution is 6.34. The van der Waals surface area contributed by atoms with E-state index in [0.29, 0.717) is 30.1 Å². The SMILES string of the molecule is COC(=O)[C@@H]1CCN(C(=O)c2cc(C)c(C)cc2Cl)C1. The summed E-state index contributed by atoms with van der Waals surface area (Å²) < 4.78 is 4.72. The molecule has 1 aliphatic heterocycles. The molecule has 1 fully saturated rings. The van der Waals surface area contributed by atoms with E-state index in [1.54, 1.807) is 11.0 Å². The van der Waals surface area contributed by atoms with E-state index < -0.39 is 0 Å². The van der Waals surface area contributed by atoms with E-state index in [0.717, 1.165) is 11.1 Å². The zero-order chi connectivity index (χ0) is 14.9. The van der Waals surface area contributed by atoms with Crippen LogP contribution in [0.2, 0.25) is 5.02 Å². The standard InChI is InChI=1S/C15H18ClNO3/c1-9-6-12(13(16)7-10(9)2)14(18)17-5-4-11(8-17)15(19)20-3/h6-7,11H,4-5,8H2,1-3H3/t11-/m1/s1. The number of aryl methyl sites for hydroxylation is 2. The molecule has 4 nitrogen and oxygen atoms in total. The molecule has 1 saturated heterocycles. The molecule has 2 rings (SSSR count). The van der Waals surface area contributed by atoms with Gasteiger partial charge < -0.3 is 9.64 Å². The second-order valence-corrected chi connectivity index (χ2v) is 5.58. The summed E-state index contributed by atoms with van der Waals surface area (Å²) in [5, 5.41) is 0.458. The molecule has 0 unspecified atom stereocenters. The minimum atomic E-state index is -0.258. The smallest absolute Gasteiger partial charge is 0.310 e. The zero-order valence-electron chi connectivity index (χ0n) is 11.9. The maximum atomic E-state index is 12.5. The first-order valence-corrected chi connectivity index (χ1v) is 6.95. The number of hydrogen-bond acceptors (Lipinski definition) is 3. The molecule has 20 heavy (non-hydrogen) atoms. The van der Waals surface area contributed by atoms with Gasteiger partial charge in [-0.05, 0) is 43.5 Å². The summed E-state index contributed by atoms with van der Waals surface area (Å²) in [4.78, 5) is 25.6. The van der Waals surface area contributed by atoms with Gasteiger partial charge in [0, 0.05) is 13.1 Å². The molecule has 0 spiro atoms. The lowest BCUT2D eigenvalue weighted by Gasteiger charge is -2.17. The van der Waals surface area contributed by atoms with Gasteiger partial charge in [0.25, 0.3) is 5.91 Å². The van der Waals surface area contributed by atoms with Crippen LogP contribution in [0.1, 0.15) is 27.9 Å². The second kappa shape index (κ2) is 5.83. The molecule has 1 amide bonds. The molecular formula is C15H18ClNO3. The summed E-state index contributed by atoms with van der Waals surface area (Å²) in [6, 6.07) is 3.61. The molecule has 0 aliphatic carbocycles. The molecule has 1 atom stereocenters. The van der Waals surface area contributed by atoms with Crippen molar-refractivity contribution in [1.82, 2.24) is 4.90 Å². The fraction of sp³-hybridized carbons (Fsp3) is 0.467. The Morgan fingerprint density at radius 3 is 2.60 bits per heavy atom. The van der Waals surface area contributed by atoms with Crippen LogP contribution in [0.4, 0.5) is 0 Å². The van der Waals surface area contributed by atoms with Gasteiger partial charge in [0.1, 0.15) is 0 Å². The summed E-state index contributed by atoms with van der Waals surface area (Å²) in [7, 11) is 1.37. The predicted octanol–water partition coefficient (Wildman–Crippen LogP) is 2.59. The highest BCUT2D eigenvalue weighted by Gasteiger charge is 2.32. The summed E-state index contributed by atoms with van der Waals surface area (Å²) in [6.45, 7) is 4.86. The average molecular weight is 296 g/mol. The van der Waals surface area contributed by atoms with Crippen LogP contribution in [-0.2, 0) is 9.53 Å². The van der Waals surface area contributed by atoms with Gasteiger partial charge in [0.2, 0.25) is 0 Å². The summed E-state index contributed by atoms with van der Waals surface area (Å²) in [5.41, 5.74) is 2.59. The van der Waals surface area contributed by atoms with Gasteiger partial charge in [-0.1, -0.05) is 11.6 Å². The maximum absolute atomic E-state index is 12.5. The zero-order valence-corrected chi connectivity index (χ0v) is 12.7. The number of carbonyl (C=O) groups excluding carboxylic acids is 2. The average Bonchev–Trinajstić information content (AvgIpc) is 2.91. The Hall–Kier alpha value is -1.55. The van der Waals surface area contributed by atoms with Gasteiger partial charge >= 0.3 is 5.97 Å². The van der Waals surface area contributed by atoms with Crippen molar-refractivity contribution in [3.8, 4) is 0 Å². The summed E-state index contributed by atoms with van der Waals surface area (Å²) in [5.74, 6) is -0.606. The third-order valence-corrected chi connectivity index (χ3v) is 4.14. The number of amides is 1. The number of nitrogens with zero attached hydrogens (tertiary/aromatic N) is 1. The van der Waals surface area contributed by atoms with Crippen LogP contribution in [0.5, 0.6) is 0 Å². The number of carbonyl (C=O) groups is 2. The minimum Gasteiger partial charge on any atom is -0.469 e. The first kappa shape index (κ1) is 14.9. The highest BCUT2D eigenvalue weighted by atomic mass is 35.5. The largest absolute Gasteiger partial charge is 0.469 e. The molecule has 1 aromatic rings. The lowest BCUT2D eigenvalue weighted by atomic mass is 10.1. The van der Waals surface area contributed by atoms with Crippen LogP contribution < -0.4 is 0 Å². The topological polar surface area (TPSA) is 46.6 Å². The van der Waals surface area contributed by atoms with Gasteiger partial charge in [0.05, 0.1) is 23.6 Å². The van der Waals surface area contributed by atoms with Crippen LogP contribution in [0, 0.1) is 19.8 Å². The molecule has 1 aromatic carbocycles. The van der Waals surface area contributed by atoms with Crippen molar-refractivity contribution in [2.24, 2.45) is 5.92 Å². The van der Waals surface area contributed by atoms with Crippen molar-refractivity contribution in [3.63, 3.8) is 0 Å². The summed E-state index contributed by atoms with van der Waals surface area (Å²) >= 11 is 6.16. The van der Waals surface area contributed by atoms with Crippen molar-refractivity contribution < 1.29 is 14.3 Å². The van der Waals surface area contributed by atoms with E-state index >= 15 is 0 Å². The van der Waals surface area contributed by atoms with Crippen LogP contribution >= 0.6 is 11.6 Å². The molecule has 0 N–H and O–H groups in total. The van der Waals surface area contributed by atoms with E-state index in [1.807, 2.05) is 19.9 Å². The molecule has 0 aromatic heterocycles. The number of hydrogen-bond donors (Lipinski definition) is 0. The third kappa shape index (κ3) is 2.80. The van der Waals surface area contributed by atoms with E-state index in [1.165, 1.54) is 7.11 Å². The van der Waals surface area contributed by atoms with Gasteiger partial charge in [0.15, 0.2) is 0 Å². The van der Waals surface area contributed by atoms with Crippen molar-refractivity contribution in [3.05, 3.63) is 33.8 Å². The van der Waals surface area contributed by atoms with Gasteiger partial charge in [-0.3, -0.25) is 9.59 Å². The molecular weight excluding hydrogens is 278 g/mol. The monoisotopic (exact) mass is 295 g/mol. The van der Waals surface area contributed by atoms with Crippen LogP contribution in [0.15, 0.2) is 12.1 Å². The number of methoxy groups -OCH3 is 1. The number of halogens is 1. The third-order valence-electron chi connectivity index (χ3n) is 3.82. The van der Waals surface area contributed by atoms with Gasteiger partial charge in [-0.15, -0.1) is 0 Å². The fourth-order valence-electron chi connectivity index (χ4n) is 2.42. The van der Waals surface area contributed by atoms with E-state index in [2.05, 4.69) is 0 Å². The van der Waals surface area contributed by atoms with Crippen molar-refractivity contribution in [1.29, 1.82) is 0 Å². The van der Waals surface area contributed by atoms with Crippen molar-refractivity contribution in [2.75, 3.05) is 20.2 Å². The lowest BCUT2D eigenvalue weighted by Crippen LogP contribution is -2.30.